The highest BCUT2D eigenvalue weighted by Gasteiger charge is 2.42. The lowest BCUT2D eigenvalue weighted by Gasteiger charge is -2.41. The molecule has 0 saturated carbocycles. The van der Waals surface area contributed by atoms with Crippen LogP contribution in [0, 0.1) is 9.49 Å². The highest BCUT2D eigenvalue weighted by Crippen LogP contribution is 2.37. The number of nitrogens with zero attached hydrogens (tertiary/aromatic N) is 1. The molecule has 0 bridgehead atoms. The quantitative estimate of drug-likeness (QED) is 0.176. The molecule has 3 rings (SSSR count). The number of aliphatic hydroxyl groups excluding tert-OH is 3. The number of aliphatic hydroxyl groups is 3. The Bertz CT molecular complexity index is 998. The first-order valence-corrected chi connectivity index (χ1v) is 14.7. The predicted octanol–water partition coefficient (Wildman–Crippen LogP) is 2.15. The number of carbonyl (C=O) groups is 2. The maximum atomic E-state index is 13.7. The second-order valence-corrected chi connectivity index (χ2v) is 11.1. The van der Waals surface area contributed by atoms with E-state index in [1.807, 2.05) is 0 Å². The van der Waals surface area contributed by atoms with Crippen LogP contribution in [0.25, 0.3) is 0 Å². The van der Waals surface area contributed by atoms with Crippen molar-refractivity contribution >= 4 is 34.4 Å². The molecule has 1 unspecified atom stereocenters. The number of unbranched alkanes of at least 4 members (excludes halogenated alkanes) is 3. The molecule has 0 spiro atoms. The standard InChI is InChI=1S/C28H41IN2O8/c1-3-4-5-6-9-31(28(36)19-7-11-38-17-19)22-14-20(27(35)30-8-10-32)15-23(25(22)34)39-26-21(29)12-18(16-33)13-24(26)37-2/h12-13,15,19,22-23,25,32-34H,3-11,14,16-17H2,1-2H3,(H,30,35)/t19?,22-,23+,25+/m1/s1. The summed E-state index contributed by atoms with van der Waals surface area (Å²) in [5, 5.41) is 33.1. The number of halogens is 1. The van der Waals surface area contributed by atoms with Crippen LogP contribution in [0.1, 0.15) is 51.0 Å². The maximum Gasteiger partial charge on any atom is 0.247 e. The fraction of sp³-hybridized carbons (Fsp3) is 0.643. The SMILES string of the molecule is CCCCCCN(C(=O)C1CCOC1)[C@@H]1CC(C(=O)NCCO)=C[C@H](Oc2c(I)cc(CO)cc2OC)[C@H]1O. The Morgan fingerprint density at radius 3 is 2.67 bits per heavy atom. The van der Waals surface area contributed by atoms with E-state index >= 15 is 0 Å². The van der Waals surface area contributed by atoms with E-state index in [2.05, 4.69) is 34.8 Å². The molecule has 1 aromatic rings. The Kier molecular flexibility index (Phi) is 12.8. The Labute approximate surface area is 243 Å². The molecule has 1 fully saturated rings. The molecule has 1 aliphatic heterocycles. The highest BCUT2D eigenvalue weighted by atomic mass is 127. The van der Waals surface area contributed by atoms with Crippen molar-refractivity contribution in [1.29, 1.82) is 0 Å². The van der Waals surface area contributed by atoms with Crippen LogP contribution in [0.4, 0.5) is 0 Å². The molecule has 10 nitrogen and oxygen atoms in total. The summed E-state index contributed by atoms with van der Waals surface area (Å²) in [5.41, 5.74) is 1.02. The fourth-order valence-corrected chi connectivity index (χ4v) is 5.80. The minimum absolute atomic E-state index is 0.0803. The molecule has 39 heavy (non-hydrogen) atoms. The van der Waals surface area contributed by atoms with Gasteiger partial charge in [0, 0.05) is 31.7 Å². The summed E-state index contributed by atoms with van der Waals surface area (Å²) in [4.78, 5) is 28.4. The van der Waals surface area contributed by atoms with Gasteiger partial charge in [-0.2, -0.15) is 0 Å². The van der Waals surface area contributed by atoms with Gasteiger partial charge < -0.3 is 39.7 Å². The molecule has 1 aromatic carbocycles. The monoisotopic (exact) mass is 660 g/mol. The molecule has 4 N–H and O–H groups in total. The minimum Gasteiger partial charge on any atom is -0.493 e. The van der Waals surface area contributed by atoms with Gasteiger partial charge in [0.25, 0.3) is 0 Å². The van der Waals surface area contributed by atoms with E-state index in [0.717, 1.165) is 25.7 Å². The number of nitrogens with one attached hydrogen (secondary N) is 1. The Balaban J connectivity index is 1.96. The second-order valence-electron chi connectivity index (χ2n) is 9.94. The number of ether oxygens (including phenoxy) is 3. The summed E-state index contributed by atoms with van der Waals surface area (Å²) in [5.74, 6) is 0.0111. The van der Waals surface area contributed by atoms with Gasteiger partial charge in [-0.15, -0.1) is 0 Å². The molecule has 1 heterocycles. The number of benzene rings is 1. The van der Waals surface area contributed by atoms with E-state index in [-0.39, 0.29) is 43.9 Å². The van der Waals surface area contributed by atoms with Crippen LogP contribution in [0.5, 0.6) is 11.5 Å². The molecule has 1 saturated heterocycles. The molecule has 11 heteroatoms. The third-order valence-electron chi connectivity index (χ3n) is 7.15. The molecule has 218 valence electrons. The Hall–Kier alpha value is -1.93. The lowest BCUT2D eigenvalue weighted by molar-refractivity contribution is -0.143. The van der Waals surface area contributed by atoms with E-state index in [4.69, 9.17) is 14.2 Å². The zero-order valence-electron chi connectivity index (χ0n) is 22.7. The summed E-state index contributed by atoms with van der Waals surface area (Å²) in [6.45, 7) is 3.16. The zero-order valence-corrected chi connectivity index (χ0v) is 24.9. The van der Waals surface area contributed by atoms with Crippen molar-refractivity contribution in [3.63, 3.8) is 0 Å². The molecule has 2 aliphatic rings. The predicted molar refractivity (Wildman–Crippen MR) is 153 cm³/mol. The highest BCUT2D eigenvalue weighted by molar-refractivity contribution is 14.1. The molecule has 2 amide bonds. The number of hydrogen-bond acceptors (Lipinski definition) is 8. The van der Waals surface area contributed by atoms with E-state index in [9.17, 15) is 24.9 Å². The molecule has 4 atom stereocenters. The van der Waals surface area contributed by atoms with Crippen LogP contribution in [-0.4, -0.2) is 90.3 Å². The second kappa shape index (κ2) is 15.8. The third-order valence-corrected chi connectivity index (χ3v) is 7.96. The van der Waals surface area contributed by atoms with Crippen molar-refractivity contribution in [3.05, 3.63) is 32.9 Å². The topological polar surface area (TPSA) is 138 Å². The number of amides is 2. The molecular weight excluding hydrogens is 619 g/mol. The summed E-state index contributed by atoms with van der Waals surface area (Å²) < 4.78 is 17.9. The summed E-state index contributed by atoms with van der Waals surface area (Å²) in [6, 6.07) is 2.73. The molecule has 0 radical (unpaired) electrons. The fourth-order valence-electron chi connectivity index (χ4n) is 5.01. The summed E-state index contributed by atoms with van der Waals surface area (Å²) >= 11 is 2.08. The van der Waals surface area contributed by atoms with Crippen molar-refractivity contribution in [2.24, 2.45) is 5.92 Å². The van der Waals surface area contributed by atoms with Gasteiger partial charge in [0.2, 0.25) is 11.8 Å². The molecular formula is C28H41IN2O8. The smallest absolute Gasteiger partial charge is 0.247 e. The zero-order chi connectivity index (χ0) is 28.4. The van der Waals surface area contributed by atoms with Gasteiger partial charge in [-0.1, -0.05) is 26.2 Å². The first-order chi connectivity index (χ1) is 18.8. The van der Waals surface area contributed by atoms with E-state index in [0.29, 0.717) is 52.4 Å². The molecule has 0 aromatic heterocycles. The van der Waals surface area contributed by atoms with Crippen LogP contribution in [0.15, 0.2) is 23.8 Å². The van der Waals surface area contributed by atoms with Gasteiger partial charge in [-0.25, -0.2) is 0 Å². The van der Waals surface area contributed by atoms with E-state index < -0.39 is 18.2 Å². The van der Waals surface area contributed by atoms with Gasteiger partial charge in [0.1, 0.15) is 12.2 Å². The lowest BCUT2D eigenvalue weighted by atomic mass is 9.87. The largest absolute Gasteiger partial charge is 0.493 e. The van der Waals surface area contributed by atoms with E-state index in [1.54, 1.807) is 23.1 Å². The Morgan fingerprint density at radius 2 is 2.03 bits per heavy atom. The van der Waals surface area contributed by atoms with Crippen LogP contribution in [0.2, 0.25) is 0 Å². The summed E-state index contributed by atoms with van der Waals surface area (Å²) in [7, 11) is 1.49. The lowest BCUT2D eigenvalue weighted by Crippen LogP contribution is -2.56. The van der Waals surface area contributed by atoms with Crippen molar-refractivity contribution in [2.75, 3.05) is 40.0 Å². The molecule has 1 aliphatic carbocycles. The van der Waals surface area contributed by atoms with E-state index in [1.165, 1.54) is 7.11 Å². The first kappa shape index (κ1) is 31.6. The van der Waals surface area contributed by atoms with Crippen LogP contribution in [0.3, 0.4) is 0 Å². The van der Waals surface area contributed by atoms with Gasteiger partial charge in [-0.3, -0.25) is 9.59 Å². The Morgan fingerprint density at radius 1 is 1.23 bits per heavy atom. The minimum atomic E-state index is -1.12. The number of hydrogen-bond donors (Lipinski definition) is 4. The number of rotatable bonds is 14. The van der Waals surface area contributed by atoms with Gasteiger partial charge in [0.05, 0.1) is 42.5 Å². The van der Waals surface area contributed by atoms with Crippen molar-refractivity contribution in [3.8, 4) is 11.5 Å². The van der Waals surface area contributed by atoms with Crippen LogP contribution < -0.4 is 14.8 Å². The van der Waals surface area contributed by atoms with Gasteiger partial charge in [-0.05, 0) is 59.2 Å². The average molecular weight is 661 g/mol. The average Bonchev–Trinajstić information content (AvgIpc) is 3.48. The number of carbonyl (C=O) groups excluding carboxylic acids is 2. The first-order valence-electron chi connectivity index (χ1n) is 13.6. The van der Waals surface area contributed by atoms with Crippen molar-refractivity contribution < 1.29 is 39.1 Å². The maximum absolute atomic E-state index is 13.7. The van der Waals surface area contributed by atoms with Crippen LogP contribution in [-0.2, 0) is 20.9 Å². The number of methoxy groups -OCH3 is 1. The normalized spacial score (nSPS) is 22.8. The third kappa shape index (κ3) is 8.29. The van der Waals surface area contributed by atoms with Gasteiger partial charge >= 0.3 is 0 Å². The van der Waals surface area contributed by atoms with Crippen molar-refractivity contribution in [2.45, 2.75) is 70.3 Å². The van der Waals surface area contributed by atoms with Crippen molar-refractivity contribution in [1.82, 2.24) is 10.2 Å². The summed E-state index contributed by atoms with van der Waals surface area (Å²) in [6.07, 6.45) is 4.14. The van der Waals surface area contributed by atoms with Gasteiger partial charge in [0.15, 0.2) is 11.5 Å². The van der Waals surface area contributed by atoms with Crippen LogP contribution >= 0.6 is 22.6 Å².